The molecule has 0 saturated heterocycles. The Hall–Kier alpha value is -2.63. The number of hydrogen-bond acceptors (Lipinski definition) is 3. The molecule has 1 saturated carbocycles. The third-order valence-corrected chi connectivity index (χ3v) is 4.83. The molecular formula is C17H17N5O. The molecule has 0 radical (unpaired) electrons. The third kappa shape index (κ3) is 1.78. The second-order valence-electron chi connectivity index (χ2n) is 6.38. The average molecular weight is 307 g/mol. The van der Waals surface area contributed by atoms with Crippen LogP contribution >= 0.6 is 0 Å². The van der Waals surface area contributed by atoms with Crippen molar-refractivity contribution in [2.75, 3.05) is 6.54 Å². The van der Waals surface area contributed by atoms with Gasteiger partial charge in [-0.2, -0.15) is 5.10 Å². The number of pyridine rings is 1. The normalized spacial score (nSPS) is 17.8. The first-order chi connectivity index (χ1) is 11.2. The van der Waals surface area contributed by atoms with Crippen molar-refractivity contribution in [3.63, 3.8) is 0 Å². The van der Waals surface area contributed by atoms with Gasteiger partial charge < -0.3 is 9.47 Å². The van der Waals surface area contributed by atoms with E-state index in [1.807, 2.05) is 36.5 Å². The molecule has 6 heteroatoms. The van der Waals surface area contributed by atoms with Crippen LogP contribution in [0.15, 0.2) is 30.7 Å². The number of carbonyl (C=O) groups excluding carboxylic acids is 1. The van der Waals surface area contributed by atoms with Gasteiger partial charge in [0.15, 0.2) is 0 Å². The number of fused-ring (bicyclic) bond motifs is 3. The van der Waals surface area contributed by atoms with E-state index >= 15 is 0 Å². The van der Waals surface area contributed by atoms with Crippen LogP contribution in [0.4, 0.5) is 0 Å². The number of rotatable bonds is 2. The third-order valence-electron chi connectivity index (χ3n) is 4.83. The highest BCUT2D eigenvalue weighted by molar-refractivity contribution is 6.09. The minimum atomic E-state index is 0.135. The molecule has 116 valence electrons. The summed E-state index contributed by atoms with van der Waals surface area (Å²) in [6.07, 6.45) is 7.82. The number of aromatic nitrogens is 4. The van der Waals surface area contributed by atoms with Gasteiger partial charge in [0.05, 0.1) is 17.2 Å². The Kier molecular flexibility index (Phi) is 2.48. The fraction of sp³-hybridized carbons (Fsp3) is 0.353. The van der Waals surface area contributed by atoms with Crippen molar-refractivity contribution in [3.8, 4) is 11.1 Å². The van der Waals surface area contributed by atoms with Crippen LogP contribution in [-0.4, -0.2) is 42.7 Å². The van der Waals surface area contributed by atoms with E-state index in [1.165, 1.54) is 0 Å². The SMILES string of the molecule is Cn1cc(-c2c3n(c4cccnc24)CCN(C2CC2)C3=O)cn1. The molecule has 0 N–H and O–H groups in total. The number of nitrogens with zero attached hydrogens (tertiary/aromatic N) is 5. The summed E-state index contributed by atoms with van der Waals surface area (Å²) in [6.45, 7) is 1.63. The molecule has 3 aromatic rings. The summed E-state index contributed by atoms with van der Waals surface area (Å²) in [4.78, 5) is 19.7. The van der Waals surface area contributed by atoms with E-state index in [-0.39, 0.29) is 5.91 Å². The lowest BCUT2D eigenvalue weighted by molar-refractivity contribution is 0.0694. The quantitative estimate of drug-likeness (QED) is 0.728. The molecule has 1 fully saturated rings. The first kappa shape index (κ1) is 12.9. The van der Waals surface area contributed by atoms with Gasteiger partial charge in [-0.25, -0.2) is 0 Å². The van der Waals surface area contributed by atoms with Gasteiger partial charge in [0.25, 0.3) is 5.91 Å². The van der Waals surface area contributed by atoms with Crippen molar-refractivity contribution >= 4 is 16.9 Å². The molecular weight excluding hydrogens is 290 g/mol. The van der Waals surface area contributed by atoms with E-state index in [4.69, 9.17) is 0 Å². The van der Waals surface area contributed by atoms with Crippen LogP contribution in [0.25, 0.3) is 22.2 Å². The molecule has 0 bridgehead atoms. The molecule has 2 aliphatic rings. The van der Waals surface area contributed by atoms with Crippen LogP contribution in [0.1, 0.15) is 23.3 Å². The van der Waals surface area contributed by atoms with Gasteiger partial charge in [0.1, 0.15) is 5.69 Å². The first-order valence-corrected chi connectivity index (χ1v) is 8.01. The maximum atomic E-state index is 13.1. The standard InChI is InChI=1S/C17H17N5O/c1-20-10-11(9-19-20)14-15-13(3-2-6-18-15)22-8-7-21(12-4-5-12)17(23)16(14)22/h2-3,6,9-10,12H,4-5,7-8H2,1H3. The topological polar surface area (TPSA) is 56.0 Å². The zero-order chi connectivity index (χ0) is 15.6. The van der Waals surface area contributed by atoms with Gasteiger partial charge in [0, 0.05) is 49.7 Å². The summed E-state index contributed by atoms with van der Waals surface area (Å²) in [6, 6.07) is 4.41. The maximum absolute atomic E-state index is 13.1. The lowest BCUT2D eigenvalue weighted by Crippen LogP contribution is -2.41. The number of carbonyl (C=O) groups is 1. The second-order valence-corrected chi connectivity index (χ2v) is 6.38. The van der Waals surface area contributed by atoms with Gasteiger partial charge in [0.2, 0.25) is 0 Å². The van der Waals surface area contributed by atoms with E-state index in [2.05, 4.69) is 14.6 Å². The maximum Gasteiger partial charge on any atom is 0.271 e. The molecule has 1 aliphatic carbocycles. The highest BCUT2D eigenvalue weighted by atomic mass is 16.2. The molecule has 0 atom stereocenters. The highest BCUT2D eigenvalue weighted by Gasteiger charge is 2.39. The molecule has 0 spiro atoms. The van der Waals surface area contributed by atoms with Gasteiger partial charge in [-0.1, -0.05) is 0 Å². The van der Waals surface area contributed by atoms with Crippen LogP contribution in [0.2, 0.25) is 0 Å². The summed E-state index contributed by atoms with van der Waals surface area (Å²) in [5, 5.41) is 4.27. The first-order valence-electron chi connectivity index (χ1n) is 8.01. The van der Waals surface area contributed by atoms with Gasteiger partial charge in [-0.15, -0.1) is 0 Å². The largest absolute Gasteiger partial charge is 0.333 e. The fourth-order valence-electron chi connectivity index (χ4n) is 3.63. The molecule has 1 aliphatic heterocycles. The number of hydrogen-bond donors (Lipinski definition) is 0. The molecule has 4 heterocycles. The minimum absolute atomic E-state index is 0.135. The van der Waals surface area contributed by atoms with Crippen molar-refractivity contribution in [1.29, 1.82) is 0 Å². The Balaban J connectivity index is 1.81. The van der Waals surface area contributed by atoms with Crippen molar-refractivity contribution in [2.45, 2.75) is 25.4 Å². The average Bonchev–Trinajstić information content (AvgIpc) is 3.22. The van der Waals surface area contributed by atoms with Crippen molar-refractivity contribution in [3.05, 3.63) is 36.4 Å². The van der Waals surface area contributed by atoms with Crippen LogP contribution in [0.5, 0.6) is 0 Å². The van der Waals surface area contributed by atoms with Crippen LogP contribution in [-0.2, 0) is 13.6 Å². The molecule has 3 aromatic heterocycles. The Morgan fingerprint density at radius 2 is 2.13 bits per heavy atom. The Bertz CT molecular complexity index is 934. The monoisotopic (exact) mass is 307 g/mol. The van der Waals surface area contributed by atoms with Crippen LogP contribution in [0.3, 0.4) is 0 Å². The summed E-state index contributed by atoms with van der Waals surface area (Å²) in [5.41, 5.74) is 4.57. The van der Waals surface area contributed by atoms with E-state index in [1.54, 1.807) is 10.9 Å². The van der Waals surface area contributed by atoms with E-state index < -0.39 is 0 Å². The molecule has 6 nitrogen and oxygen atoms in total. The molecule has 0 unspecified atom stereocenters. The second kappa shape index (κ2) is 4.44. The minimum Gasteiger partial charge on any atom is -0.333 e. The van der Waals surface area contributed by atoms with Gasteiger partial charge >= 0.3 is 0 Å². The number of amides is 1. The van der Waals surface area contributed by atoms with E-state index in [0.29, 0.717) is 6.04 Å². The van der Waals surface area contributed by atoms with Gasteiger partial charge in [-0.3, -0.25) is 14.5 Å². The summed E-state index contributed by atoms with van der Waals surface area (Å²) < 4.78 is 3.89. The van der Waals surface area contributed by atoms with Crippen LogP contribution < -0.4 is 0 Å². The van der Waals surface area contributed by atoms with Crippen LogP contribution in [0, 0.1) is 0 Å². The van der Waals surface area contributed by atoms with Crippen molar-refractivity contribution in [2.24, 2.45) is 7.05 Å². The number of aryl methyl sites for hydroxylation is 1. The predicted octanol–water partition coefficient (Wildman–Crippen LogP) is 2.05. The van der Waals surface area contributed by atoms with E-state index in [9.17, 15) is 4.79 Å². The Labute approximate surface area is 133 Å². The lowest BCUT2D eigenvalue weighted by atomic mass is 10.1. The molecule has 23 heavy (non-hydrogen) atoms. The summed E-state index contributed by atoms with van der Waals surface area (Å²) >= 11 is 0. The van der Waals surface area contributed by atoms with Crippen molar-refractivity contribution in [1.82, 2.24) is 24.2 Å². The highest BCUT2D eigenvalue weighted by Crippen LogP contribution is 2.38. The molecule has 1 amide bonds. The summed E-state index contributed by atoms with van der Waals surface area (Å²) in [5.74, 6) is 0.135. The van der Waals surface area contributed by atoms with Gasteiger partial charge in [-0.05, 0) is 25.0 Å². The zero-order valence-corrected chi connectivity index (χ0v) is 12.9. The summed E-state index contributed by atoms with van der Waals surface area (Å²) in [7, 11) is 1.89. The smallest absolute Gasteiger partial charge is 0.271 e. The Morgan fingerprint density at radius 1 is 1.26 bits per heavy atom. The lowest BCUT2D eigenvalue weighted by Gasteiger charge is -2.29. The van der Waals surface area contributed by atoms with Crippen molar-refractivity contribution < 1.29 is 4.79 Å². The van der Waals surface area contributed by atoms with E-state index in [0.717, 1.165) is 53.8 Å². The molecule has 5 rings (SSSR count). The Morgan fingerprint density at radius 3 is 2.87 bits per heavy atom. The zero-order valence-electron chi connectivity index (χ0n) is 12.9. The molecule has 0 aromatic carbocycles. The fourth-order valence-corrected chi connectivity index (χ4v) is 3.63. The predicted molar refractivity (Wildman–Crippen MR) is 86.0 cm³/mol.